The van der Waals surface area contributed by atoms with Crippen LogP contribution in [-0.4, -0.2) is 36.1 Å². The smallest absolute Gasteiger partial charge is 0.270 e. The second-order valence-corrected chi connectivity index (χ2v) is 9.37. The van der Waals surface area contributed by atoms with E-state index in [1.165, 1.54) is 36.4 Å². The highest BCUT2D eigenvalue weighted by atomic mass is 35.5. The van der Waals surface area contributed by atoms with Gasteiger partial charge in [0.05, 0.1) is 20.4 Å². The maximum atomic E-state index is 13.0. The molecule has 1 unspecified atom stereocenters. The van der Waals surface area contributed by atoms with Crippen LogP contribution in [0.25, 0.3) is 0 Å². The number of hydrogen-bond acceptors (Lipinski definition) is 5. The molecule has 1 fully saturated rings. The monoisotopic (exact) mass is 451 g/mol. The zero-order valence-corrected chi connectivity index (χ0v) is 17.9. The minimum Gasteiger partial charge on any atom is -0.322 e. The zero-order valence-electron chi connectivity index (χ0n) is 16.4. The van der Waals surface area contributed by atoms with Crippen LogP contribution in [0.1, 0.15) is 43.0 Å². The van der Waals surface area contributed by atoms with Crippen LogP contribution >= 0.6 is 11.6 Å². The molecule has 1 amide bonds. The first-order valence-corrected chi connectivity index (χ1v) is 11.4. The maximum absolute atomic E-state index is 13.0. The Kier molecular flexibility index (Phi) is 6.74. The minimum atomic E-state index is -3.62. The molecule has 30 heavy (non-hydrogen) atoms. The van der Waals surface area contributed by atoms with Gasteiger partial charge in [0, 0.05) is 30.4 Å². The summed E-state index contributed by atoms with van der Waals surface area (Å²) in [5.74, 6) is -0.624. The number of carbonyl (C=O) groups is 1. The van der Waals surface area contributed by atoms with Crippen molar-refractivity contribution in [1.29, 1.82) is 0 Å². The van der Waals surface area contributed by atoms with Crippen molar-refractivity contribution in [3.63, 3.8) is 0 Å². The number of amides is 1. The Hall–Kier alpha value is -2.49. The summed E-state index contributed by atoms with van der Waals surface area (Å²) >= 11 is 5.99. The molecular formula is C20H22ClN3O5S. The molecule has 1 aliphatic rings. The molecule has 3 rings (SSSR count). The molecule has 10 heteroatoms. The van der Waals surface area contributed by atoms with Gasteiger partial charge in [0.25, 0.3) is 11.6 Å². The van der Waals surface area contributed by atoms with Gasteiger partial charge in [0.15, 0.2) is 0 Å². The van der Waals surface area contributed by atoms with Gasteiger partial charge in [0.2, 0.25) is 10.0 Å². The molecule has 2 aromatic carbocycles. The van der Waals surface area contributed by atoms with Gasteiger partial charge in [-0.3, -0.25) is 14.9 Å². The molecule has 160 valence electrons. The van der Waals surface area contributed by atoms with Crippen LogP contribution in [-0.2, 0) is 10.0 Å². The first-order chi connectivity index (χ1) is 14.2. The Morgan fingerprint density at radius 1 is 1.23 bits per heavy atom. The molecule has 0 aliphatic carbocycles. The number of nitro benzene ring substituents is 1. The molecule has 1 aliphatic heterocycles. The van der Waals surface area contributed by atoms with Crippen molar-refractivity contribution in [1.82, 2.24) is 4.31 Å². The molecule has 0 spiro atoms. The quantitative estimate of drug-likeness (QED) is 0.515. The largest absolute Gasteiger partial charge is 0.322 e. The van der Waals surface area contributed by atoms with E-state index in [0.717, 1.165) is 31.7 Å². The molecule has 1 heterocycles. The SMILES string of the molecule is CCC1CCCCN1S(=O)(=O)c1ccc(NC(=O)c2cc([N+](=O)[O-])ccc2Cl)cc1. The minimum absolute atomic E-state index is 0.000794. The van der Waals surface area contributed by atoms with E-state index in [4.69, 9.17) is 11.6 Å². The van der Waals surface area contributed by atoms with Crippen molar-refractivity contribution in [2.24, 2.45) is 0 Å². The van der Waals surface area contributed by atoms with Crippen molar-refractivity contribution < 1.29 is 18.1 Å². The third-order valence-electron chi connectivity index (χ3n) is 5.17. The molecule has 1 N–H and O–H groups in total. The molecule has 1 atom stereocenters. The molecule has 1 saturated heterocycles. The lowest BCUT2D eigenvalue weighted by atomic mass is 10.0. The summed E-state index contributed by atoms with van der Waals surface area (Å²) in [4.78, 5) is 22.9. The van der Waals surface area contributed by atoms with Gasteiger partial charge in [-0.05, 0) is 49.6 Å². The van der Waals surface area contributed by atoms with Gasteiger partial charge < -0.3 is 5.32 Å². The van der Waals surface area contributed by atoms with Crippen LogP contribution < -0.4 is 5.32 Å². The second kappa shape index (κ2) is 9.11. The molecule has 8 nitrogen and oxygen atoms in total. The van der Waals surface area contributed by atoms with E-state index in [1.807, 2.05) is 6.92 Å². The number of hydrogen-bond donors (Lipinski definition) is 1. The lowest BCUT2D eigenvalue weighted by Gasteiger charge is -2.34. The molecule has 0 radical (unpaired) electrons. The van der Waals surface area contributed by atoms with Crippen molar-refractivity contribution in [2.45, 2.75) is 43.5 Å². The normalized spacial score (nSPS) is 17.5. The number of nitrogens with one attached hydrogen (secondary N) is 1. The van der Waals surface area contributed by atoms with Crippen LogP contribution in [0, 0.1) is 10.1 Å². The Bertz CT molecular complexity index is 1060. The number of anilines is 1. The Morgan fingerprint density at radius 3 is 2.57 bits per heavy atom. The van der Waals surface area contributed by atoms with Gasteiger partial charge in [0.1, 0.15) is 0 Å². The lowest BCUT2D eigenvalue weighted by molar-refractivity contribution is -0.384. The van der Waals surface area contributed by atoms with E-state index in [-0.39, 0.29) is 27.2 Å². The van der Waals surface area contributed by atoms with Crippen LogP contribution in [0.15, 0.2) is 47.4 Å². The Morgan fingerprint density at radius 2 is 1.93 bits per heavy atom. The highest BCUT2D eigenvalue weighted by Gasteiger charge is 2.32. The number of piperidine rings is 1. The van der Waals surface area contributed by atoms with Crippen molar-refractivity contribution in [2.75, 3.05) is 11.9 Å². The zero-order chi connectivity index (χ0) is 21.9. The topological polar surface area (TPSA) is 110 Å². The predicted molar refractivity (Wildman–Crippen MR) is 114 cm³/mol. The lowest BCUT2D eigenvalue weighted by Crippen LogP contribution is -2.43. The maximum Gasteiger partial charge on any atom is 0.270 e. The van der Waals surface area contributed by atoms with Crippen LogP contribution in [0.3, 0.4) is 0 Å². The average Bonchev–Trinajstić information content (AvgIpc) is 2.74. The van der Waals surface area contributed by atoms with Crippen molar-refractivity contribution >= 4 is 38.9 Å². The Balaban J connectivity index is 1.78. The van der Waals surface area contributed by atoms with Crippen molar-refractivity contribution in [3.05, 3.63) is 63.2 Å². The van der Waals surface area contributed by atoms with Gasteiger partial charge in [-0.25, -0.2) is 8.42 Å². The summed E-state index contributed by atoms with van der Waals surface area (Å²) in [7, 11) is -3.62. The van der Waals surface area contributed by atoms with E-state index < -0.39 is 20.9 Å². The summed E-state index contributed by atoms with van der Waals surface area (Å²) in [5, 5.41) is 13.6. The summed E-state index contributed by atoms with van der Waals surface area (Å²) in [6.45, 7) is 2.49. The molecule has 0 saturated carbocycles. The van der Waals surface area contributed by atoms with Crippen LogP contribution in [0.4, 0.5) is 11.4 Å². The van der Waals surface area contributed by atoms with E-state index in [0.29, 0.717) is 12.2 Å². The number of rotatable bonds is 6. The number of non-ortho nitro benzene ring substituents is 1. The highest BCUT2D eigenvalue weighted by Crippen LogP contribution is 2.28. The second-order valence-electron chi connectivity index (χ2n) is 7.07. The number of sulfonamides is 1. The molecule has 2 aromatic rings. The third-order valence-corrected chi connectivity index (χ3v) is 7.46. The van der Waals surface area contributed by atoms with Gasteiger partial charge >= 0.3 is 0 Å². The van der Waals surface area contributed by atoms with Gasteiger partial charge in [-0.15, -0.1) is 0 Å². The van der Waals surface area contributed by atoms with Gasteiger partial charge in [-0.2, -0.15) is 4.31 Å². The Labute approximate surface area is 180 Å². The third kappa shape index (κ3) is 4.63. The summed E-state index contributed by atoms with van der Waals surface area (Å²) < 4.78 is 27.6. The number of halogens is 1. The number of benzene rings is 2. The molecule has 0 aromatic heterocycles. The molecule has 0 bridgehead atoms. The number of nitro groups is 1. The molecular weight excluding hydrogens is 430 g/mol. The van der Waals surface area contributed by atoms with Crippen LogP contribution in [0.5, 0.6) is 0 Å². The predicted octanol–water partition coefficient (Wildman–Crippen LogP) is 4.45. The van der Waals surface area contributed by atoms with Crippen molar-refractivity contribution in [3.8, 4) is 0 Å². The first kappa shape index (κ1) is 22.2. The number of nitrogens with zero attached hydrogens (tertiary/aromatic N) is 2. The fourth-order valence-corrected chi connectivity index (χ4v) is 5.51. The summed E-state index contributed by atoms with van der Waals surface area (Å²) in [6.07, 6.45) is 3.48. The summed E-state index contributed by atoms with van der Waals surface area (Å²) in [5.41, 5.74) is 0.0619. The van der Waals surface area contributed by atoms with Gasteiger partial charge in [-0.1, -0.05) is 24.9 Å². The average molecular weight is 452 g/mol. The van der Waals surface area contributed by atoms with E-state index in [2.05, 4.69) is 5.32 Å². The first-order valence-electron chi connectivity index (χ1n) is 9.61. The fourth-order valence-electron chi connectivity index (χ4n) is 3.54. The fraction of sp³-hybridized carbons (Fsp3) is 0.350. The standard InChI is InChI=1S/C20H22ClN3O5S/c1-2-15-5-3-4-12-23(15)30(28,29)17-9-6-14(7-10-17)22-20(25)18-13-16(24(26)27)8-11-19(18)21/h6-11,13,15H,2-5,12H2,1H3,(H,22,25). The van der Waals surface area contributed by atoms with E-state index in [1.54, 1.807) is 4.31 Å². The summed E-state index contributed by atoms with van der Waals surface area (Å²) in [6, 6.07) is 9.46. The van der Waals surface area contributed by atoms with E-state index >= 15 is 0 Å². The highest BCUT2D eigenvalue weighted by molar-refractivity contribution is 7.89. The van der Waals surface area contributed by atoms with Crippen LogP contribution in [0.2, 0.25) is 5.02 Å². The van der Waals surface area contributed by atoms with E-state index in [9.17, 15) is 23.3 Å². The number of carbonyl (C=O) groups excluding carboxylic acids is 1.